The number of rotatable bonds is 2. The van der Waals surface area contributed by atoms with Crippen molar-refractivity contribution in [1.82, 2.24) is 4.98 Å². The van der Waals surface area contributed by atoms with Crippen LogP contribution in [-0.4, -0.2) is 16.1 Å². The monoisotopic (exact) mass is 188 g/mol. The maximum Gasteiger partial charge on any atom is 0.309 e. The maximum atomic E-state index is 10.1. The van der Waals surface area contributed by atoms with Gasteiger partial charge in [0.25, 0.3) is 0 Å². The lowest BCUT2D eigenvalue weighted by molar-refractivity contribution is -0.136. The van der Waals surface area contributed by atoms with Gasteiger partial charge in [-0.2, -0.15) is 0 Å². The molecule has 0 saturated heterocycles. The summed E-state index contributed by atoms with van der Waals surface area (Å²) in [6.45, 7) is 4.00. The van der Waals surface area contributed by atoms with Crippen molar-refractivity contribution in [2.45, 2.75) is 20.3 Å². The molecule has 1 aromatic rings. The fourth-order valence-electron chi connectivity index (χ4n) is 0.559. The number of thiazole rings is 1. The van der Waals surface area contributed by atoms with Gasteiger partial charge in [-0.3, -0.25) is 4.79 Å². The number of anilines is 1. The summed E-state index contributed by atoms with van der Waals surface area (Å²) in [4.78, 5) is 13.9. The Labute approximate surface area is 75.1 Å². The summed E-state index contributed by atoms with van der Waals surface area (Å²) >= 11 is 1.25. The van der Waals surface area contributed by atoms with Crippen molar-refractivity contribution in [2.75, 3.05) is 5.73 Å². The van der Waals surface area contributed by atoms with E-state index in [1.165, 1.54) is 11.3 Å². The molecule has 0 radical (unpaired) electrons. The number of carboxylic acids is 1. The van der Waals surface area contributed by atoms with Gasteiger partial charge in [-0.25, -0.2) is 4.98 Å². The molecular formula is C7H12N2O2S. The highest BCUT2D eigenvalue weighted by Gasteiger charge is 2.02. The van der Waals surface area contributed by atoms with Crippen LogP contribution in [0.4, 0.5) is 5.13 Å². The number of aromatic nitrogens is 1. The van der Waals surface area contributed by atoms with E-state index in [0.29, 0.717) is 10.8 Å². The third-order valence-electron chi connectivity index (χ3n) is 0.902. The highest BCUT2D eigenvalue weighted by molar-refractivity contribution is 7.13. The van der Waals surface area contributed by atoms with Gasteiger partial charge >= 0.3 is 5.97 Å². The number of carbonyl (C=O) groups is 1. The predicted molar refractivity (Wildman–Crippen MR) is 49.2 cm³/mol. The van der Waals surface area contributed by atoms with Gasteiger partial charge in [0.15, 0.2) is 5.13 Å². The van der Waals surface area contributed by atoms with Crippen LogP contribution in [0.1, 0.15) is 19.5 Å². The van der Waals surface area contributed by atoms with E-state index in [9.17, 15) is 4.79 Å². The number of nitrogens with two attached hydrogens (primary N) is 1. The predicted octanol–water partition coefficient (Wildman–Crippen LogP) is 1.38. The molecule has 0 aliphatic carbocycles. The first-order chi connectivity index (χ1) is 5.68. The Hall–Kier alpha value is -1.10. The number of hydrogen-bond donors (Lipinski definition) is 2. The van der Waals surface area contributed by atoms with Crippen molar-refractivity contribution < 1.29 is 9.90 Å². The molecule has 1 rings (SSSR count). The Morgan fingerprint density at radius 1 is 1.75 bits per heavy atom. The summed E-state index contributed by atoms with van der Waals surface area (Å²) < 4.78 is 0. The van der Waals surface area contributed by atoms with E-state index in [0.717, 1.165) is 0 Å². The molecule has 0 bridgehead atoms. The Kier molecular flexibility index (Phi) is 5.03. The van der Waals surface area contributed by atoms with Crippen LogP contribution in [0.3, 0.4) is 0 Å². The van der Waals surface area contributed by atoms with Gasteiger partial charge in [-0.05, 0) is 0 Å². The Bertz CT molecular complexity index is 247. The highest BCUT2D eigenvalue weighted by Crippen LogP contribution is 2.10. The van der Waals surface area contributed by atoms with E-state index in [2.05, 4.69) is 4.98 Å². The van der Waals surface area contributed by atoms with Gasteiger partial charge < -0.3 is 10.8 Å². The van der Waals surface area contributed by atoms with Crippen LogP contribution in [0.15, 0.2) is 5.38 Å². The van der Waals surface area contributed by atoms with Crippen molar-refractivity contribution in [3.8, 4) is 0 Å². The van der Waals surface area contributed by atoms with Gasteiger partial charge in [-0.1, -0.05) is 13.8 Å². The van der Waals surface area contributed by atoms with Crippen LogP contribution in [-0.2, 0) is 11.2 Å². The largest absolute Gasteiger partial charge is 0.481 e. The van der Waals surface area contributed by atoms with E-state index in [1.807, 2.05) is 13.8 Å². The van der Waals surface area contributed by atoms with E-state index in [4.69, 9.17) is 10.8 Å². The van der Waals surface area contributed by atoms with E-state index in [1.54, 1.807) is 5.38 Å². The highest BCUT2D eigenvalue weighted by atomic mass is 32.1. The molecule has 0 fully saturated rings. The second-order valence-electron chi connectivity index (χ2n) is 1.75. The second-order valence-corrected chi connectivity index (χ2v) is 2.64. The quantitative estimate of drug-likeness (QED) is 0.735. The van der Waals surface area contributed by atoms with Gasteiger partial charge in [0, 0.05) is 5.38 Å². The summed E-state index contributed by atoms with van der Waals surface area (Å²) in [6, 6.07) is 0. The third-order valence-corrected chi connectivity index (χ3v) is 1.62. The summed E-state index contributed by atoms with van der Waals surface area (Å²) in [6.07, 6.45) is -0.0479. The molecule has 0 saturated carbocycles. The zero-order chi connectivity index (χ0) is 9.56. The van der Waals surface area contributed by atoms with Gasteiger partial charge in [0.1, 0.15) is 0 Å². The van der Waals surface area contributed by atoms with Crippen LogP contribution < -0.4 is 5.73 Å². The summed E-state index contributed by atoms with van der Waals surface area (Å²) in [5.41, 5.74) is 5.79. The minimum absolute atomic E-state index is 0.0479. The minimum Gasteiger partial charge on any atom is -0.481 e. The molecule has 4 nitrogen and oxygen atoms in total. The molecule has 0 aliphatic rings. The normalized spacial score (nSPS) is 8.50. The Morgan fingerprint density at radius 2 is 2.33 bits per heavy atom. The van der Waals surface area contributed by atoms with Crippen LogP contribution in [0.5, 0.6) is 0 Å². The van der Waals surface area contributed by atoms with E-state index >= 15 is 0 Å². The maximum absolute atomic E-state index is 10.1. The molecule has 0 aliphatic heterocycles. The Morgan fingerprint density at radius 3 is 2.67 bits per heavy atom. The SMILES string of the molecule is CC.Nc1nc(CC(=O)O)cs1. The summed E-state index contributed by atoms with van der Waals surface area (Å²) in [5, 5.41) is 10.4. The molecule has 0 atom stereocenters. The second kappa shape index (κ2) is 5.54. The zero-order valence-electron chi connectivity index (χ0n) is 7.07. The number of nitrogens with zero attached hydrogens (tertiary/aromatic N) is 1. The molecule has 12 heavy (non-hydrogen) atoms. The van der Waals surface area contributed by atoms with Crippen molar-refractivity contribution in [1.29, 1.82) is 0 Å². The molecule has 0 unspecified atom stereocenters. The molecule has 68 valence electrons. The first kappa shape index (κ1) is 10.9. The van der Waals surface area contributed by atoms with E-state index < -0.39 is 5.97 Å². The van der Waals surface area contributed by atoms with Crippen molar-refractivity contribution in [3.05, 3.63) is 11.1 Å². The van der Waals surface area contributed by atoms with Crippen LogP contribution >= 0.6 is 11.3 Å². The lowest BCUT2D eigenvalue weighted by atomic mass is 10.3. The lowest BCUT2D eigenvalue weighted by Gasteiger charge is -1.85. The molecule has 1 aromatic heterocycles. The number of hydrogen-bond acceptors (Lipinski definition) is 4. The first-order valence-electron chi connectivity index (χ1n) is 3.60. The standard InChI is InChI=1S/C5H6N2O2S.C2H6/c6-5-7-3(2-10-5)1-4(8)9;1-2/h2H,1H2,(H2,6,7)(H,8,9);1-2H3. The molecule has 5 heteroatoms. The Balaban J connectivity index is 0.000000561. The third kappa shape index (κ3) is 3.92. The summed E-state index contributed by atoms with van der Waals surface area (Å²) in [5.74, 6) is -0.884. The number of nitrogen functional groups attached to an aromatic ring is 1. The van der Waals surface area contributed by atoms with E-state index in [-0.39, 0.29) is 6.42 Å². The number of carboxylic acid groups (broad SMARTS) is 1. The minimum atomic E-state index is -0.884. The topological polar surface area (TPSA) is 76.2 Å². The molecule has 0 spiro atoms. The molecular weight excluding hydrogens is 176 g/mol. The number of aliphatic carboxylic acids is 1. The molecule has 0 aromatic carbocycles. The molecule has 1 heterocycles. The fourth-order valence-corrected chi connectivity index (χ4v) is 1.12. The lowest BCUT2D eigenvalue weighted by Crippen LogP contribution is -2.00. The van der Waals surface area contributed by atoms with Crippen molar-refractivity contribution in [3.63, 3.8) is 0 Å². The average Bonchev–Trinajstić information content (AvgIpc) is 2.39. The molecule has 0 amide bonds. The first-order valence-corrected chi connectivity index (χ1v) is 4.48. The van der Waals surface area contributed by atoms with Crippen molar-refractivity contribution >= 4 is 22.4 Å². The van der Waals surface area contributed by atoms with Gasteiger partial charge in [-0.15, -0.1) is 11.3 Å². The van der Waals surface area contributed by atoms with Crippen LogP contribution in [0, 0.1) is 0 Å². The van der Waals surface area contributed by atoms with Crippen molar-refractivity contribution in [2.24, 2.45) is 0 Å². The van der Waals surface area contributed by atoms with Crippen LogP contribution in [0.25, 0.3) is 0 Å². The fraction of sp³-hybridized carbons (Fsp3) is 0.429. The van der Waals surface area contributed by atoms with Crippen LogP contribution in [0.2, 0.25) is 0 Å². The van der Waals surface area contributed by atoms with Gasteiger partial charge in [0.2, 0.25) is 0 Å². The summed E-state index contributed by atoms with van der Waals surface area (Å²) in [7, 11) is 0. The average molecular weight is 188 g/mol. The smallest absolute Gasteiger partial charge is 0.309 e. The zero-order valence-corrected chi connectivity index (χ0v) is 7.89. The van der Waals surface area contributed by atoms with Gasteiger partial charge in [0.05, 0.1) is 12.1 Å². The molecule has 3 N–H and O–H groups in total.